The highest BCUT2D eigenvalue weighted by molar-refractivity contribution is 6.30. The molecule has 0 aliphatic carbocycles. The van der Waals surface area contributed by atoms with E-state index in [1.54, 1.807) is 6.08 Å². The Morgan fingerprint density at radius 3 is 2.38 bits per heavy atom. The predicted octanol–water partition coefficient (Wildman–Crippen LogP) is 2.24. The van der Waals surface area contributed by atoms with Crippen molar-refractivity contribution in [2.75, 3.05) is 0 Å². The molecule has 0 saturated heterocycles. The van der Waals surface area contributed by atoms with Gasteiger partial charge in [0.25, 0.3) is 0 Å². The van der Waals surface area contributed by atoms with Crippen molar-refractivity contribution < 1.29 is 0 Å². The number of unbranched alkanes of at least 4 members (excludes halogenated alkanes) is 1. The number of rotatable bonds is 4. The minimum absolute atomic E-state index is 0.166. The molecule has 0 fully saturated rings. The van der Waals surface area contributed by atoms with E-state index in [0.717, 1.165) is 12.0 Å². The maximum Gasteiger partial charge on any atom is 0.102 e. The molecule has 4 heteroatoms. The highest BCUT2D eigenvalue weighted by Gasteiger charge is 1.99. The van der Waals surface area contributed by atoms with Gasteiger partial charge in [-0.3, -0.25) is 0 Å². The molecule has 4 N–H and O–H groups in total. The van der Waals surface area contributed by atoms with Gasteiger partial charge in [0.1, 0.15) is 5.16 Å². The van der Waals surface area contributed by atoms with E-state index >= 15 is 0 Å². The van der Waals surface area contributed by atoms with Crippen molar-refractivity contribution in [1.82, 2.24) is 0 Å². The Labute approximate surface area is 88.6 Å². The number of halogens is 2. The van der Waals surface area contributed by atoms with Crippen molar-refractivity contribution in [2.24, 2.45) is 11.5 Å². The molecule has 0 radical (unpaired) electrons. The summed E-state index contributed by atoms with van der Waals surface area (Å²) < 4.78 is 0. The Kier molecular flexibility index (Phi) is 6.30. The largest absolute Gasteiger partial charge is 0.389 e. The first kappa shape index (κ1) is 12.2. The molecular weight excluding hydrogens is 207 g/mol. The average molecular weight is 219 g/mol. The zero-order valence-corrected chi connectivity index (χ0v) is 8.70. The topological polar surface area (TPSA) is 52.0 Å². The van der Waals surface area contributed by atoms with Gasteiger partial charge in [-0.25, -0.2) is 0 Å². The lowest BCUT2D eigenvalue weighted by Crippen LogP contribution is -1.97. The van der Waals surface area contributed by atoms with Gasteiger partial charge in [0.2, 0.25) is 0 Å². The van der Waals surface area contributed by atoms with Crippen molar-refractivity contribution in [3.8, 4) is 12.3 Å². The number of nitrogens with two attached hydrogens (primary N) is 2. The Morgan fingerprint density at radius 1 is 1.38 bits per heavy atom. The van der Waals surface area contributed by atoms with Crippen LogP contribution in [0.1, 0.15) is 19.3 Å². The van der Waals surface area contributed by atoms with Crippen LogP contribution >= 0.6 is 23.2 Å². The first-order chi connectivity index (χ1) is 6.07. The van der Waals surface area contributed by atoms with Crippen molar-refractivity contribution in [2.45, 2.75) is 19.3 Å². The summed E-state index contributed by atoms with van der Waals surface area (Å²) in [5.41, 5.74) is 11.4. The molecule has 0 spiro atoms. The summed E-state index contributed by atoms with van der Waals surface area (Å²) in [5, 5.41) is 0.375. The molecule has 0 amide bonds. The lowest BCUT2D eigenvalue weighted by molar-refractivity contribution is 0.856. The fourth-order valence-corrected chi connectivity index (χ4v) is 1.09. The van der Waals surface area contributed by atoms with Gasteiger partial charge < -0.3 is 11.5 Å². The second kappa shape index (κ2) is 6.71. The third-order valence-corrected chi connectivity index (χ3v) is 1.74. The van der Waals surface area contributed by atoms with Crippen LogP contribution in [0.3, 0.4) is 0 Å². The van der Waals surface area contributed by atoms with E-state index in [-0.39, 0.29) is 10.3 Å². The normalized spacial score (nSPS) is 13.5. The third kappa shape index (κ3) is 6.39. The molecule has 0 aliphatic rings. The Balaban J connectivity index is 4.25. The zero-order chi connectivity index (χ0) is 10.3. The number of hydrogen-bond donors (Lipinski definition) is 2. The molecule has 0 bridgehead atoms. The van der Waals surface area contributed by atoms with Crippen LogP contribution in [0.4, 0.5) is 0 Å². The Hall–Kier alpha value is -0.780. The molecule has 0 heterocycles. The van der Waals surface area contributed by atoms with Gasteiger partial charge in [-0.15, -0.1) is 12.3 Å². The summed E-state index contributed by atoms with van der Waals surface area (Å²) in [6.45, 7) is 0. The van der Waals surface area contributed by atoms with Crippen LogP contribution < -0.4 is 11.5 Å². The van der Waals surface area contributed by atoms with Crippen LogP contribution in [-0.2, 0) is 0 Å². The van der Waals surface area contributed by atoms with E-state index in [0.29, 0.717) is 12.8 Å². The number of hydrogen-bond acceptors (Lipinski definition) is 2. The van der Waals surface area contributed by atoms with E-state index < -0.39 is 0 Å². The highest BCUT2D eigenvalue weighted by atomic mass is 35.5. The van der Waals surface area contributed by atoms with E-state index in [2.05, 4.69) is 5.92 Å². The molecule has 2 nitrogen and oxygen atoms in total. The molecular formula is C9H12Cl2N2. The first-order valence-electron chi connectivity index (χ1n) is 3.78. The molecule has 0 aromatic heterocycles. The standard InChI is InChI=1S/C9H12Cl2N2/c1-2-3-4-5-7(9(11)13)6-8(10)12/h1,6H,3-5,12-13H2/b8-6-,9-7-. The van der Waals surface area contributed by atoms with Crippen LogP contribution in [0.2, 0.25) is 0 Å². The maximum atomic E-state index is 5.61. The van der Waals surface area contributed by atoms with E-state index in [1.165, 1.54) is 0 Å². The summed E-state index contributed by atoms with van der Waals surface area (Å²) in [6.07, 6.45) is 8.83. The van der Waals surface area contributed by atoms with Crippen molar-refractivity contribution in [3.63, 3.8) is 0 Å². The molecule has 0 rings (SSSR count). The number of terminal acetylenes is 1. The van der Waals surface area contributed by atoms with Crippen molar-refractivity contribution in [1.29, 1.82) is 0 Å². The van der Waals surface area contributed by atoms with Crippen molar-refractivity contribution in [3.05, 3.63) is 22.0 Å². The molecule has 72 valence electrons. The molecule has 0 aromatic carbocycles. The van der Waals surface area contributed by atoms with Gasteiger partial charge in [0, 0.05) is 6.42 Å². The van der Waals surface area contributed by atoms with Gasteiger partial charge >= 0.3 is 0 Å². The van der Waals surface area contributed by atoms with Crippen molar-refractivity contribution >= 4 is 23.2 Å². The van der Waals surface area contributed by atoms with Gasteiger partial charge in [-0.1, -0.05) is 23.2 Å². The Bertz CT molecular complexity index is 253. The van der Waals surface area contributed by atoms with E-state index in [4.69, 9.17) is 41.1 Å². The highest BCUT2D eigenvalue weighted by Crippen LogP contribution is 2.15. The Morgan fingerprint density at radius 2 is 2.00 bits per heavy atom. The second-order valence-corrected chi connectivity index (χ2v) is 3.30. The average Bonchev–Trinajstić information content (AvgIpc) is 2.02. The summed E-state index contributed by atoms with van der Waals surface area (Å²) in [7, 11) is 0. The van der Waals surface area contributed by atoms with Gasteiger partial charge in [0.05, 0.1) is 5.16 Å². The summed E-state index contributed by atoms with van der Waals surface area (Å²) in [6, 6.07) is 0. The van der Waals surface area contributed by atoms with Crippen LogP contribution in [0.25, 0.3) is 0 Å². The van der Waals surface area contributed by atoms with Crippen LogP contribution in [0.5, 0.6) is 0 Å². The fourth-order valence-electron chi connectivity index (χ4n) is 0.808. The quantitative estimate of drug-likeness (QED) is 0.329. The zero-order valence-electron chi connectivity index (χ0n) is 7.19. The molecule has 0 saturated carbocycles. The fraction of sp³-hybridized carbons (Fsp3) is 0.333. The summed E-state index contributed by atoms with van der Waals surface area (Å²) >= 11 is 11.1. The van der Waals surface area contributed by atoms with E-state index in [9.17, 15) is 0 Å². The molecule has 0 unspecified atom stereocenters. The third-order valence-electron chi connectivity index (χ3n) is 1.39. The van der Waals surface area contributed by atoms with Gasteiger partial charge in [-0.05, 0) is 24.5 Å². The van der Waals surface area contributed by atoms with E-state index in [1.807, 2.05) is 0 Å². The molecule has 0 aliphatic heterocycles. The second-order valence-electron chi connectivity index (χ2n) is 2.46. The lowest BCUT2D eigenvalue weighted by Gasteiger charge is -2.01. The first-order valence-corrected chi connectivity index (χ1v) is 4.53. The molecule has 0 atom stereocenters. The maximum absolute atomic E-state index is 5.61. The lowest BCUT2D eigenvalue weighted by atomic mass is 10.1. The predicted molar refractivity (Wildman–Crippen MR) is 57.9 cm³/mol. The van der Waals surface area contributed by atoms with Crippen LogP contribution in [0, 0.1) is 12.3 Å². The monoisotopic (exact) mass is 218 g/mol. The molecule has 0 aromatic rings. The van der Waals surface area contributed by atoms with Gasteiger partial charge in [0.15, 0.2) is 0 Å². The van der Waals surface area contributed by atoms with Gasteiger partial charge in [-0.2, -0.15) is 0 Å². The smallest absolute Gasteiger partial charge is 0.102 e. The SMILES string of the molecule is C#CCCCC(/C=C(\N)Cl)=C(/N)Cl. The number of allylic oxidation sites excluding steroid dienone is 2. The van der Waals surface area contributed by atoms with Crippen LogP contribution in [0.15, 0.2) is 22.0 Å². The minimum atomic E-state index is 0.166. The minimum Gasteiger partial charge on any atom is -0.389 e. The van der Waals surface area contributed by atoms with Crippen LogP contribution in [-0.4, -0.2) is 0 Å². The molecule has 13 heavy (non-hydrogen) atoms. The summed E-state index contributed by atoms with van der Waals surface area (Å²) in [4.78, 5) is 0. The summed E-state index contributed by atoms with van der Waals surface area (Å²) in [5.74, 6) is 2.52.